The fourth-order valence-corrected chi connectivity index (χ4v) is 5.07. The van der Waals surface area contributed by atoms with Crippen LogP contribution in [0.1, 0.15) is 61.3 Å². The Kier molecular flexibility index (Phi) is 8.17. The van der Waals surface area contributed by atoms with Crippen LogP contribution < -0.4 is 5.32 Å². The molecule has 0 amide bonds. The van der Waals surface area contributed by atoms with Crippen LogP contribution in [0.25, 0.3) is 0 Å². The topological polar surface area (TPSA) is 49.0 Å². The maximum atomic E-state index is 6.31. The molecule has 6 heteroatoms. The fraction of sp³-hybridized carbons (Fsp3) is 1.00. The van der Waals surface area contributed by atoms with Crippen molar-refractivity contribution in [3.05, 3.63) is 0 Å². The summed E-state index contributed by atoms with van der Waals surface area (Å²) in [5, 5.41) is 3.69. The van der Waals surface area contributed by atoms with E-state index in [0.717, 1.165) is 12.8 Å². The Labute approximate surface area is 144 Å². The predicted molar refractivity (Wildman–Crippen MR) is 96.4 cm³/mol. The highest BCUT2D eigenvalue weighted by Gasteiger charge is 2.39. The molecule has 0 aromatic carbocycles. The third-order valence-electron chi connectivity index (χ3n) is 4.01. The highest BCUT2D eigenvalue weighted by atomic mass is 28.2. The van der Waals surface area contributed by atoms with E-state index in [1.807, 2.05) is 20.8 Å². The first kappa shape index (κ1) is 21.1. The Bertz CT molecular complexity index is 316. The van der Waals surface area contributed by atoms with Crippen molar-refractivity contribution in [1.29, 1.82) is 0 Å². The lowest BCUT2D eigenvalue weighted by Crippen LogP contribution is -2.59. The van der Waals surface area contributed by atoms with E-state index in [-0.39, 0.29) is 11.1 Å². The molecule has 23 heavy (non-hydrogen) atoms. The first-order chi connectivity index (χ1) is 10.7. The second kappa shape index (κ2) is 8.92. The van der Waals surface area contributed by atoms with Crippen LogP contribution in [0.5, 0.6) is 0 Å². The largest absolute Gasteiger partial charge is 0.421 e. The highest BCUT2D eigenvalue weighted by molar-refractivity contribution is 6.27. The van der Waals surface area contributed by atoms with Crippen LogP contribution >= 0.6 is 0 Å². The molecule has 1 N–H and O–H groups in total. The van der Waals surface area contributed by atoms with Gasteiger partial charge in [0, 0.05) is 43.0 Å². The minimum Gasteiger partial charge on any atom is -0.421 e. The van der Waals surface area contributed by atoms with Crippen molar-refractivity contribution in [2.75, 3.05) is 19.8 Å². The molecule has 0 saturated carbocycles. The molecule has 138 valence electrons. The van der Waals surface area contributed by atoms with Crippen LogP contribution in [0.4, 0.5) is 0 Å². The summed E-state index contributed by atoms with van der Waals surface area (Å²) in [5.41, 5.74) is 0.218. The van der Waals surface area contributed by atoms with Crippen LogP contribution in [0.15, 0.2) is 0 Å². The molecule has 1 fully saturated rings. The van der Waals surface area contributed by atoms with Gasteiger partial charge in [-0.1, -0.05) is 0 Å². The van der Waals surface area contributed by atoms with Crippen molar-refractivity contribution >= 4 is 9.76 Å². The van der Waals surface area contributed by atoms with Crippen molar-refractivity contribution in [1.82, 2.24) is 5.32 Å². The third kappa shape index (κ3) is 7.19. The van der Waals surface area contributed by atoms with E-state index in [1.54, 1.807) is 0 Å². The van der Waals surface area contributed by atoms with Gasteiger partial charge in [-0.3, -0.25) is 0 Å². The lowest BCUT2D eigenvalue weighted by molar-refractivity contribution is -0.366. The Hall–Kier alpha value is 0.0169. The van der Waals surface area contributed by atoms with E-state index in [1.165, 1.54) is 0 Å². The van der Waals surface area contributed by atoms with E-state index >= 15 is 0 Å². The van der Waals surface area contributed by atoms with Gasteiger partial charge in [0.2, 0.25) is 0 Å². The van der Waals surface area contributed by atoms with Crippen molar-refractivity contribution < 1.29 is 18.6 Å². The van der Waals surface area contributed by atoms with Crippen molar-refractivity contribution in [3.63, 3.8) is 0 Å². The predicted octanol–water partition coefficient (Wildman–Crippen LogP) is 2.58. The molecule has 1 saturated heterocycles. The van der Waals surface area contributed by atoms with Gasteiger partial charge in [-0.05, 0) is 61.3 Å². The molecule has 1 heterocycles. The molecular formula is C17H37NO4Si. The standard InChI is InChI=1S/C17H37NO4Si/c1-8-19-17(20-9-2,21-10-3)13-23-22-14-11-15(4,5)18-16(6,7)12-14/h14,18H,8-13,23H2,1-7H3. The molecule has 1 aliphatic rings. The van der Waals surface area contributed by atoms with E-state index in [4.69, 9.17) is 18.6 Å². The number of ether oxygens (including phenoxy) is 3. The van der Waals surface area contributed by atoms with Gasteiger partial charge in [0.15, 0.2) is 9.76 Å². The van der Waals surface area contributed by atoms with E-state index < -0.39 is 15.7 Å². The molecular weight excluding hydrogens is 310 g/mol. The van der Waals surface area contributed by atoms with Crippen LogP contribution in [-0.2, 0) is 18.6 Å². The number of hydrogen-bond acceptors (Lipinski definition) is 5. The van der Waals surface area contributed by atoms with Crippen LogP contribution in [-0.4, -0.2) is 52.7 Å². The minimum absolute atomic E-state index is 0.109. The van der Waals surface area contributed by atoms with Gasteiger partial charge in [-0.25, -0.2) is 0 Å². The highest BCUT2D eigenvalue weighted by Crippen LogP contribution is 2.30. The first-order valence-electron chi connectivity index (χ1n) is 9.00. The Morgan fingerprint density at radius 3 is 1.74 bits per heavy atom. The van der Waals surface area contributed by atoms with Gasteiger partial charge in [-0.2, -0.15) is 0 Å². The maximum Gasteiger partial charge on any atom is 0.282 e. The molecule has 0 bridgehead atoms. The Morgan fingerprint density at radius 2 is 1.35 bits per heavy atom. The van der Waals surface area contributed by atoms with Crippen molar-refractivity contribution in [2.45, 2.75) is 90.5 Å². The Morgan fingerprint density at radius 1 is 0.913 bits per heavy atom. The van der Waals surface area contributed by atoms with Crippen LogP contribution in [0, 0.1) is 0 Å². The summed E-state index contributed by atoms with van der Waals surface area (Å²) in [6, 6.07) is 0.716. The zero-order chi connectivity index (χ0) is 17.6. The third-order valence-corrected chi connectivity index (χ3v) is 5.53. The summed E-state index contributed by atoms with van der Waals surface area (Å²) in [6.07, 6.45) is 2.37. The van der Waals surface area contributed by atoms with E-state index in [0.29, 0.717) is 32.0 Å². The fourth-order valence-electron chi connectivity index (χ4n) is 3.70. The van der Waals surface area contributed by atoms with Gasteiger partial charge >= 0.3 is 0 Å². The van der Waals surface area contributed by atoms with Gasteiger partial charge in [0.1, 0.15) is 0 Å². The molecule has 0 aromatic rings. The van der Waals surface area contributed by atoms with Crippen LogP contribution in [0.3, 0.4) is 0 Å². The summed E-state index contributed by atoms with van der Waals surface area (Å²) in [7, 11) is -0.799. The molecule has 0 unspecified atom stereocenters. The average molecular weight is 348 g/mol. The molecule has 5 nitrogen and oxygen atoms in total. The summed E-state index contributed by atoms with van der Waals surface area (Å²) >= 11 is 0. The average Bonchev–Trinajstić information content (AvgIpc) is 2.35. The van der Waals surface area contributed by atoms with Gasteiger partial charge in [0.05, 0.1) is 0 Å². The van der Waals surface area contributed by atoms with E-state index in [9.17, 15) is 0 Å². The molecule has 1 aliphatic heterocycles. The molecule has 0 aromatic heterocycles. The molecule has 0 aliphatic carbocycles. The summed E-state index contributed by atoms with van der Waals surface area (Å²) in [5.74, 6) is -0.914. The van der Waals surface area contributed by atoms with Gasteiger partial charge in [-0.15, -0.1) is 0 Å². The smallest absolute Gasteiger partial charge is 0.282 e. The zero-order valence-corrected chi connectivity index (χ0v) is 17.6. The van der Waals surface area contributed by atoms with E-state index in [2.05, 4.69) is 33.0 Å². The number of hydrogen-bond donors (Lipinski definition) is 1. The number of nitrogens with one attached hydrogen (secondary N) is 1. The minimum atomic E-state index is -0.914. The van der Waals surface area contributed by atoms with Gasteiger partial charge < -0.3 is 24.0 Å². The molecule has 0 atom stereocenters. The van der Waals surface area contributed by atoms with Crippen molar-refractivity contribution in [3.8, 4) is 0 Å². The SMILES string of the molecule is CCOC(C[SiH2]OC1CC(C)(C)NC(C)(C)C1)(OCC)OCC. The van der Waals surface area contributed by atoms with Crippen molar-refractivity contribution in [2.24, 2.45) is 0 Å². The second-order valence-electron chi connectivity index (χ2n) is 7.53. The summed E-state index contributed by atoms with van der Waals surface area (Å²) in [4.78, 5) is 0. The summed E-state index contributed by atoms with van der Waals surface area (Å²) in [6.45, 7) is 16.6. The summed E-state index contributed by atoms with van der Waals surface area (Å²) < 4.78 is 23.6. The zero-order valence-electron chi connectivity index (χ0n) is 16.2. The number of rotatable bonds is 10. The van der Waals surface area contributed by atoms with Gasteiger partial charge in [0.25, 0.3) is 5.97 Å². The number of piperidine rings is 1. The quantitative estimate of drug-likeness (QED) is 0.486. The molecule has 0 spiro atoms. The molecule has 1 rings (SSSR count). The first-order valence-corrected chi connectivity index (χ1v) is 10.6. The molecule has 0 radical (unpaired) electrons. The normalized spacial score (nSPS) is 22.0. The second-order valence-corrected chi connectivity index (χ2v) is 8.77. The van der Waals surface area contributed by atoms with Crippen LogP contribution in [0.2, 0.25) is 6.04 Å². The Balaban J connectivity index is 2.57. The maximum absolute atomic E-state index is 6.31. The monoisotopic (exact) mass is 347 g/mol. The lowest BCUT2D eigenvalue weighted by Gasteiger charge is -2.46. The lowest BCUT2D eigenvalue weighted by atomic mass is 9.81.